The van der Waals surface area contributed by atoms with Crippen molar-refractivity contribution in [2.75, 3.05) is 5.32 Å². The number of nitro groups is 1. The Hall–Kier alpha value is -3.39. The molecule has 3 aromatic rings. The van der Waals surface area contributed by atoms with Gasteiger partial charge in [-0.15, -0.1) is 0 Å². The normalized spacial score (nSPS) is 10.4. The van der Waals surface area contributed by atoms with Gasteiger partial charge in [0.2, 0.25) is 0 Å². The smallest absolute Gasteiger partial charge is 0.276 e. The monoisotopic (exact) mass is 386 g/mol. The standard InChI is InChI=1S/C18H15ClN4O4/c1-12-10-13(23(25)26)6-7-15(12)20-18(24)16-8-9-22(21-16)11-27-17-5-3-2-4-14(17)19/h2-10H,11H2,1H3,(H,20,24). The fraction of sp³-hybridized carbons (Fsp3) is 0.111. The van der Waals surface area contributed by atoms with E-state index in [4.69, 9.17) is 16.3 Å². The Morgan fingerprint density at radius 1 is 1.30 bits per heavy atom. The summed E-state index contributed by atoms with van der Waals surface area (Å²) in [6.45, 7) is 1.77. The number of ether oxygens (including phenoxy) is 1. The minimum Gasteiger partial charge on any atom is -0.470 e. The maximum absolute atomic E-state index is 12.3. The fourth-order valence-electron chi connectivity index (χ4n) is 2.34. The number of para-hydroxylation sites is 1. The first-order chi connectivity index (χ1) is 12.9. The number of carbonyl (C=O) groups excluding carboxylic acids is 1. The Morgan fingerprint density at radius 2 is 2.07 bits per heavy atom. The van der Waals surface area contributed by atoms with Crippen molar-refractivity contribution in [3.63, 3.8) is 0 Å². The van der Waals surface area contributed by atoms with E-state index in [1.54, 1.807) is 43.5 Å². The quantitative estimate of drug-likeness (QED) is 0.509. The molecule has 0 spiro atoms. The van der Waals surface area contributed by atoms with Crippen LogP contribution in [0.3, 0.4) is 0 Å². The number of nitro benzene ring substituents is 1. The number of aryl methyl sites for hydroxylation is 1. The Bertz CT molecular complexity index is 1000. The highest BCUT2D eigenvalue weighted by molar-refractivity contribution is 6.32. The molecule has 0 aliphatic heterocycles. The number of amides is 1. The first-order valence-corrected chi connectivity index (χ1v) is 8.29. The fourth-order valence-corrected chi connectivity index (χ4v) is 2.53. The number of non-ortho nitro benzene ring substituents is 1. The lowest BCUT2D eigenvalue weighted by Gasteiger charge is -2.08. The van der Waals surface area contributed by atoms with Crippen LogP contribution in [0.15, 0.2) is 54.7 Å². The summed E-state index contributed by atoms with van der Waals surface area (Å²) in [5.41, 5.74) is 1.22. The van der Waals surface area contributed by atoms with Gasteiger partial charge in [0.15, 0.2) is 12.4 Å². The average molecular weight is 387 g/mol. The molecule has 0 aliphatic rings. The molecule has 0 radical (unpaired) electrons. The number of nitrogens with one attached hydrogen (secondary N) is 1. The molecule has 1 amide bonds. The third-order valence-electron chi connectivity index (χ3n) is 3.73. The zero-order valence-electron chi connectivity index (χ0n) is 14.3. The molecule has 0 unspecified atom stereocenters. The van der Waals surface area contributed by atoms with Gasteiger partial charge in [-0.1, -0.05) is 23.7 Å². The van der Waals surface area contributed by atoms with Crippen molar-refractivity contribution >= 4 is 28.9 Å². The molecule has 1 N–H and O–H groups in total. The van der Waals surface area contributed by atoms with Gasteiger partial charge in [-0.25, -0.2) is 4.68 Å². The molecule has 0 fully saturated rings. The maximum Gasteiger partial charge on any atom is 0.276 e. The summed E-state index contributed by atoms with van der Waals surface area (Å²) in [6.07, 6.45) is 1.61. The number of hydrogen-bond acceptors (Lipinski definition) is 5. The van der Waals surface area contributed by atoms with Crippen LogP contribution in [0.2, 0.25) is 5.02 Å². The Morgan fingerprint density at radius 3 is 2.78 bits per heavy atom. The number of aromatic nitrogens is 2. The summed E-state index contributed by atoms with van der Waals surface area (Å²) in [4.78, 5) is 22.6. The van der Waals surface area contributed by atoms with Crippen LogP contribution in [0, 0.1) is 17.0 Å². The lowest BCUT2D eigenvalue weighted by Crippen LogP contribution is -2.15. The van der Waals surface area contributed by atoms with Crippen molar-refractivity contribution in [3.05, 3.63) is 81.1 Å². The highest BCUT2D eigenvalue weighted by Gasteiger charge is 2.14. The van der Waals surface area contributed by atoms with E-state index in [0.717, 1.165) is 0 Å². The minimum atomic E-state index is -0.487. The van der Waals surface area contributed by atoms with Crippen molar-refractivity contribution in [1.82, 2.24) is 9.78 Å². The molecular formula is C18H15ClN4O4. The van der Waals surface area contributed by atoms with Gasteiger partial charge >= 0.3 is 0 Å². The zero-order valence-corrected chi connectivity index (χ0v) is 15.0. The number of anilines is 1. The Kier molecular flexibility index (Phi) is 5.37. The van der Waals surface area contributed by atoms with Crippen molar-refractivity contribution in [2.45, 2.75) is 13.7 Å². The first-order valence-electron chi connectivity index (χ1n) is 7.91. The molecule has 8 nitrogen and oxygen atoms in total. The summed E-state index contributed by atoms with van der Waals surface area (Å²) in [6, 6.07) is 12.8. The van der Waals surface area contributed by atoms with E-state index in [1.807, 2.05) is 0 Å². The molecule has 1 heterocycles. The molecule has 0 saturated carbocycles. The highest BCUT2D eigenvalue weighted by Crippen LogP contribution is 2.23. The van der Waals surface area contributed by atoms with E-state index in [2.05, 4.69) is 10.4 Å². The third-order valence-corrected chi connectivity index (χ3v) is 4.04. The SMILES string of the molecule is Cc1cc([N+](=O)[O-])ccc1NC(=O)c1ccn(COc2ccccc2Cl)n1. The molecule has 0 atom stereocenters. The Balaban J connectivity index is 1.65. The van der Waals surface area contributed by atoms with Crippen molar-refractivity contribution < 1.29 is 14.5 Å². The molecule has 1 aromatic heterocycles. The number of nitrogens with zero attached hydrogens (tertiary/aromatic N) is 3. The average Bonchev–Trinajstić information content (AvgIpc) is 3.11. The van der Waals surface area contributed by atoms with Crippen LogP contribution in [-0.4, -0.2) is 20.6 Å². The third kappa shape index (κ3) is 4.42. The van der Waals surface area contributed by atoms with Gasteiger partial charge in [0.05, 0.1) is 9.95 Å². The summed E-state index contributed by atoms with van der Waals surface area (Å²) in [7, 11) is 0. The second-order valence-electron chi connectivity index (χ2n) is 5.65. The highest BCUT2D eigenvalue weighted by atomic mass is 35.5. The van der Waals surface area contributed by atoms with Crippen molar-refractivity contribution in [1.29, 1.82) is 0 Å². The van der Waals surface area contributed by atoms with Gasteiger partial charge in [-0.2, -0.15) is 5.10 Å². The number of rotatable bonds is 6. The second kappa shape index (κ2) is 7.88. The van der Waals surface area contributed by atoms with Gasteiger partial charge in [-0.05, 0) is 36.8 Å². The lowest BCUT2D eigenvalue weighted by molar-refractivity contribution is -0.384. The van der Waals surface area contributed by atoms with E-state index in [1.165, 1.54) is 22.9 Å². The molecule has 2 aromatic carbocycles. The van der Waals surface area contributed by atoms with Gasteiger partial charge in [0.25, 0.3) is 11.6 Å². The topological polar surface area (TPSA) is 99.3 Å². The molecule has 27 heavy (non-hydrogen) atoms. The number of carbonyl (C=O) groups is 1. The Labute approximate surface area is 159 Å². The van der Waals surface area contributed by atoms with Gasteiger partial charge in [-0.3, -0.25) is 14.9 Å². The van der Waals surface area contributed by atoms with Gasteiger partial charge in [0.1, 0.15) is 5.75 Å². The molecule has 0 bridgehead atoms. The van der Waals surface area contributed by atoms with E-state index in [9.17, 15) is 14.9 Å². The predicted octanol–water partition coefficient (Wildman–Crippen LogP) is 4.04. The van der Waals surface area contributed by atoms with E-state index < -0.39 is 10.8 Å². The van der Waals surface area contributed by atoms with Gasteiger partial charge < -0.3 is 10.1 Å². The van der Waals surface area contributed by atoms with E-state index >= 15 is 0 Å². The van der Waals surface area contributed by atoms with Crippen LogP contribution < -0.4 is 10.1 Å². The van der Waals surface area contributed by atoms with E-state index in [0.29, 0.717) is 22.0 Å². The molecule has 0 saturated heterocycles. The lowest BCUT2D eigenvalue weighted by atomic mass is 10.1. The second-order valence-corrected chi connectivity index (χ2v) is 6.06. The summed E-state index contributed by atoms with van der Waals surface area (Å²) >= 11 is 6.02. The number of benzene rings is 2. The van der Waals surface area contributed by atoms with Gasteiger partial charge in [0, 0.05) is 24.0 Å². The maximum atomic E-state index is 12.3. The van der Waals surface area contributed by atoms with Crippen LogP contribution in [-0.2, 0) is 6.73 Å². The van der Waals surface area contributed by atoms with Crippen molar-refractivity contribution in [2.24, 2.45) is 0 Å². The van der Waals surface area contributed by atoms with Crippen molar-refractivity contribution in [3.8, 4) is 5.75 Å². The summed E-state index contributed by atoms with van der Waals surface area (Å²) < 4.78 is 7.02. The van der Waals surface area contributed by atoms with Crippen LogP contribution in [0.25, 0.3) is 0 Å². The molecule has 9 heteroatoms. The molecular weight excluding hydrogens is 372 g/mol. The zero-order chi connectivity index (χ0) is 19.4. The van der Waals surface area contributed by atoms with Crippen LogP contribution in [0.4, 0.5) is 11.4 Å². The molecule has 138 valence electrons. The summed E-state index contributed by atoms with van der Waals surface area (Å²) in [5.74, 6) is 0.0885. The number of halogens is 1. The number of hydrogen-bond donors (Lipinski definition) is 1. The van der Waals surface area contributed by atoms with E-state index in [-0.39, 0.29) is 18.1 Å². The largest absolute Gasteiger partial charge is 0.470 e. The molecule has 3 rings (SSSR count). The minimum absolute atomic E-state index is 0.0356. The summed E-state index contributed by atoms with van der Waals surface area (Å²) in [5, 5.41) is 18.1. The van der Waals surface area contributed by atoms with Crippen LogP contribution in [0.1, 0.15) is 16.1 Å². The van der Waals surface area contributed by atoms with Crippen LogP contribution in [0.5, 0.6) is 5.75 Å². The van der Waals surface area contributed by atoms with Crippen LogP contribution >= 0.6 is 11.6 Å². The first kappa shape index (κ1) is 18.4. The molecule has 0 aliphatic carbocycles. The predicted molar refractivity (Wildman–Crippen MR) is 100 cm³/mol.